The van der Waals surface area contributed by atoms with Crippen molar-refractivity contribution < 1.29 is 18.3 Å². The first-order chi connectivity index (χ1) is 9.73. The lowest BCUT2D eigenvalue weighted by molar-refractivity contribution is 0.0692. The summed E-state index contributed by atoms with van der Waals surface area (Å²) >= 11 is 0. The van der Waals surface area contributed by atoms with Crippen molar-refractivity contribution in [2.45, 2.75) is 25.2 Å². The molecule has 0 amide bonds. The van der Waals surface area contributed by atoms with Crippen molar-refractivity contribution in [3.63, 3.8) is 0 Å². The summed E-state index contributed by atoms with van der Waals surface area (Å²) < 4.78 is 26.7. The third-order valence-corrected chi connectivity index (χ3v) is 5.89. The maximum absolute atomic E-state index is 12.7. The molecule has 3 N–H and O–H groups in total. The van der Waals surface area contributed by atoms with E-state index < -0.39 is 16.0 Å². The lowest BCUT2D eigenvalue weighted by atomic mass is 9.96. The van der Waals surface area contributed by atoms with Crippen molar-refractivity contribution in [1.29, 1.82) is 0 Å². The minimum absolute atomic E-state index is 0.223. The Kier molecular flexibility index (Phi) is 4.25. The molecule has 1 fully saturated rings. The molecule has 1 saturated heterocycles. The van der Waals surface area contributed by atoms with Gasteiger partial charge in [-0.3, -0.25) is 0 Å². The maximum Gasteiger partial charge on any atom is 0.337 e. The van der Waals surface area contributed by atoms with E-state index >= 15 is 0 Å². The minimum Gasteiger partial charge on any atom is -0.478 e. The van der Waals surface area contributed by atoms with Crippen molar-refractivity contribution in [1.82, 2.24) is 4.31 Å². The Morgan fingerprint density at radius 2 is 2.10 bits per heavy atom. The Morgan fingerprint density at radius 1 is 1.43 bits per heavy atom. The molecule has 21 heavy (non-hydrogen) atoms. The van der Waals surface area contributed by atoms with E-state index in [1.807, 2.05) is 0 Å². The highest BCUT2D eigenvalue weighted by Gasteiger charge is 2.35. The largest absolute Gasteiger partial charge is 0.478 e. The third-order valence-electron chi connectivity index (χ3n) is 3.98. The van der Waals surface area contributed by atoms with E-state index in [1.54, 1.807) is 0 Å². The molecule has 7 heteroatoms. The standard InChI is InChI=1S/C14H20N2O4S/c1-9(2)10-5-6-16(8-10)21(19,20)13-7-11(15)3-4-12(13)14(17)18/h3-4,7,9-10H,5-6,8,15H2,1-2H3,(H,17,18). The molecular formula is C14H20N2O4S. The van der Waals surface area contributed by atoms with E-state index in [4.69, 9.17) is 5.73 Å². The van der Waals surface area contributed by atoms with Gasteiger partial charge in [0, 0.05) is 18.8 Å². The van der Waals surface area contributed by atoms with Crippen LogP contribution in [0.2, 0.25) is 0 Å². The lowest BCUT2D eigenvalue weighted by Crippen LogP contribution is -2.30. The molecule has 1 aliphatic rings. The van der Waals surface area contributed by atoms with E-state index in [-0.39, 0.29) is 16.1 Å². The number of sulfonamides is 1. The quantitative estimate of drug-likeness (QED) is 0.823. The van der Waals surface area contributed by atoms with Gasteiger partial charge in [-0.25, -0.2) is 13.2 Å². The molecule has 0 saturated carbocycles. The van der Waals surface area contributed by atoms with E-state index in [0.717, 1.165) is 6.42 Å². The average Bonchev–Trinajstić information content (AvgIpc) is 2.88. The van der Waals surface area contributed by atoms with Gasteiger partial charge in [0.15, 0.2) is 0 Å². The number of anilines is 1. The number of carbonyl (C=O) groups is 1. The molecule has 1 unspecified atom stereocenters. The summed E-state index contributed by atoms with van der Waals surface area (Å²) in [4.78, 5) is 11.0. The SMILES string of the molecule is CC(C)C1CCN(S(=O)(=O)c2cc(N)ccc2C(=O)O)C1. The third kappa shape index (κ3) is 3.03. The molecule has 2 rings (SSSR count). The van der Waals surface area contributed by atoms with E-state index in [2.05, 4.69) is 13.8 Å². The lowest BCUT2D eigenvalue weighted by Gasteiger charge is -2.19. The predicted octanol–water partition coefficient (Wildman–Crippen LogP) is 1.63. The molecule has 1 aromatic carbocycles. The zero-order valence-corrected chi connectivity index (χ0v) is 12.9. The van der Waals surface area contributed by atoms with Crippen molar-refractivity contribution in [3.8, 4) is 0 Å². The number of nitrogens with zero attached hydrogens (tertiary/aromatic N) is 1. The van der Waals surface area contributed by atoms with Gasteiger partial charge in [-0.2, -0.15) is 4.31 Å². The summed E-state index contributed by atoms with van der Waals surface area (Å²) in [5.41, 5.74) is 5.62. The van der Waals surface area contributed by atoms with Gasteiger partial charge >= 0.3 is 5.97 Å². The molecule has 1 heterocycles. The molecule has 6 nitrogen and oxygen atoms in total. The number of carboxylic acids is 1. The molecule has 0 bridgehead atoms. The smallest absolute Gasteiger partial charge is 0.337 e. The van der Waals surface area contributed by atoms with Gasteiger partial charge < -0.3 is 10.8 Å². The van der Waals surface area contributed by atoms with E-state index in [0.29, 0.717) is 24.9 Å². The Labute approximate surface area is 124 Å². The number of aromatic carboxylic acids is 1. The summed E-state index contributed by atoms with van der Waals surface area (Å²) in [6.45, 7) is 4.96. The number of hydrogen-bond acceptors (Lipinski definition) is 4. The zero-order valence-electron chi connectivity index (χ0n) is 12.1. The number of benzene rings is 1. The van der Waals surface area contributed by atoms with Crippen LogP contribution in [0.25, 0.3) is 0 Å². The van der Waals surface area contributed by atoms with Gasteiger partial charge in [0.1, 0.15) is 0 Å². The highest BCUT2D eigenvalue weighted by atomic mass is 32.2. The number of rotatable bonds is 4. The predicted molar refractivity (Wildman–Crippen MR) is 79.5 cm³/mol. The van der Waals surface area contributed by atoms with E-state index in [1.165, 1.54) is 22.5 Å². The van der Waals surface area contributed by atoms with Crippen LogP contribution in [0.5, 0.6) is 0 Å². The first-order valence-corrected chi connectivity index (χ1v) is 8.30. The second-order valence-electron chi connectivity index (χ2n) is 5.72. The normalized spacial score (nSPS) is 20.0. The number of nitrogen functional groups attached to an aromatic ring is 1. The van der Waals surface area contributed by atoms with Gasteiger partial charge in [-0.1, -0.05) is 13.8 Å². The van der Waals surface area contributed by atoms with E-state index in [9.17, 15) is 18.3 Å². The van der Waals surface area contributed by atoms with Crippen LogP contribution in [0.15, 0.2) is 23.1 Å². The highest BCUT2D eigenvalue weighted by Crippen LogP contribution is 2.30. The van der Waals surface area contributed by atoms with Crippen molar-refractivity contribution in [3.05, 3.63) is 23.8 Å². The average molecular weight is 312 g/mol. The first-order valence-electron chi connectivity index (χ1n) is 6.86. The molecule has 116 valence electrons. The van der Waals surface area contributed by atoms with Crippen LogP contribution in [0, 0.1) is 11.8 Å². The molecule has 1 atom stereocenters. The summed E-state index contributed by atoms with van der Waals surface area (Å²) in [6.07, 6.45) is 0.793. The number of hydrogen-bond donors (Lipinski definition) is 2. The monoisotopic (exact) mass is 312 g/mol. The first kappa shape index (κ1) is 15.8. The zero-order chi connectivity index (χ0) is 15.8. The maximum atomic E-state index is 12.7. The summed E-state index contributed by atoms with van der Waals surface area (Å²) in [5, 5.41) is 9.18. The summed E-state index contributed by atoms with van der Waals surface area (Å²) in [5.74, 6) is -0.577. The fourth-order valence-electron chi connectivity index (χ4n) is 2.58. The van der Waals surface area contributed by atoms with Crippen LogP contribution in [0.3, 0.4) is 0 Å². The van der Waals surface area contributed by atoms with Crippen LogP contribution in [0.1, 0.15) is 30.6 Å². The number of nitrogens with two attached hydrogens (primary N) is 1. The minimum atomic E-state index is -3.83. The van der Waals surface area contributed by atoms with Crippen molar-refractivity contribution >= 4 is 21.7 Å². The second-order valence-corrected chi connectivity index (χ2v) is 7.62. The Morgan fingerprint density at radius 3 is 2.62 bits per heavy atom. The van der Waals surface area contributed by atoms with Gasteiger partial charge in [-0.15, -0.1) is 0 Å². The highest BCUT2D eigenvalue weighted by molar-refractivity contribution is 7.89. The van der Waals surface area contributed by atoms with Crippen LogP contribution >= 0.6 is 0 Å². The van der Waals surface area contributed by atoms with Gasteiger partial charge in [0.05, 0.1) is 10.5 Å². The van der Waals surface area contributed by atoms with Gasteiger partial charge in [0.2, 0.25) is 10.0 Å². The topological polar surface area (TPSA) is 101 Å². The Hall–Kier alpha value is -1.60. The molecule has 0 spiro atoms. The summed E-state index contributed by atoms with van der Waals surface area (Å²) in [7, 11) is -3.83. The second kappa shape index (κ2) is 5.65. The number of carboxylic acid groups (broad SMARTS) is 1. The Balaban J connectivity index is 2.41. The summed E-state index contributed by atoms with van der Waals surface area (Å²) in [6, 6.07) is 3.85. The van der Waals surface area contributed by atoms with Crippen molar-refractivity contribution in [2.24, 2.45) is 11.8 Å². The van der Waals surface area contributed by atoms with Crippen LogP contribution in [-0.2, 0) is 10.0 Å². The van der Waals surface area contributed by atoms with Crippen LogP contribution in [-0.4, -0.2) is 36.9 Å². The van der Waals surface area contributed by atoms with Crippen LogP contribution in [0.4, 0.5) is 5.69 Å². The molecular weight excluding hydrogens is 292 g/mol. The fourth-order valence-corrected chi connectivity index (χ4v) is 4.31. The Bertz CT molecular complexity index is 655. The molecule has 0 aromatic heterocycles. The fraction of sp³-hybridized carbons (Fsp3) is 0.500. The molecule has 0 aliphatic carbocycles. The van der Waals surface area contributed by atoms with Gasteiger partial charge in [-0.05, 0) is 36.5 Å². The van der Waals surface area contributed by atoms with Crippen molar-refractivity contribution in [2.75, 3.05) is 18.8 Å². The molecule has 1 aliphatic heterocycles. The molecule has 0 radical (unpaired) electrons. The van der Waals surface area contributed by atoms with Gasteiger partial charge in [0.25, 0.3) is 0 Å². The molecule has 1 aromatic rings. The van der Waals surface area contributed by atoms with Crippen LogP contribution < -0.4 is 5.73 Å².